The van der Waals surface area contributed by atoms with E-state index in [0.717, 1.165) is 38.3 Å². The number of hydrogen-bond donors (Lipinski definition) is 1. The zero-order valence-corrected chi connectivity index (χ0v) is 12.4. The van der Waals surface area contributed by atoms with Gasteiger partial charge in [-0.05, 0) is 39.0 Å². The topological polar surface area (TPSA) is 50.2 Å². The number of carbonyl (C=O) groups excluding carboxylic acids is 1. The van der Waals surface area contributed by atoms with Crippen LogP contribution in [0.25, 0.3) is 0 Å². The SMILES string of the molecule is CCN(CC)CCCNC(=O)CCn1ccc(C)n1. The second-order valence-electron chi connectivity index (χ2n) is 4.70. The summed E-state index contributed by atoms with van der Waals surface area (Å²) in [5.74, 6) is 0.104. The van der Waals surface area contributed by atoms with Crippen molar-refractivity contribution in [3.8, 4) is 0 Å². The van der Waals surface area contributed by atoms with Gasteiger partial charge in [0.25, 0.3) is 0 Å². The summed E-state index contributed by atoms with van der Waals surface area (Å²) in [6.45, 7) is 10.9. The summed E-state index contributed by atoms with van der Waals surface area (Å²) < 4.78 is 1.81. The van der Waals surface area contributed by atoms with Crippen LogP contribution in [0.4, 0.5) is 0 Å². The number of amides is 1. The third-order valence-electron chi connectivity index (χ3n) is 3.21. The molecule has 0 aliphatic heterocycles. The van der Waals surface area contributed by atoms with Gasteiger partial charge in [0.05, 0.1) is 5.69 Å². The highest BCUT2D eigenvalue weighted by molar-refractivity contribution is 5.75. The Labute approximate surface area is 116 Å². The molecule has 0 radical (unpaired) electrons. The molecule has 0 atom stereocenters. The van der Waals surface area contributed by atoms with Crippen LogP contribution >= 0.6 is 0 Å². The number of hydrogen-bond acceptors (Lipinski definition) is 3. The minimum atomic E-state index is 0.104. The minimum absolute atomic E-state index is 0.104. The van der Waals surface area contributed by atoms with Crippen molar-refractivity contribution in [3.63, 3.8) is 0 Å². The fraction of sp³-hybridized carbons (Fsp3) is 0.714. The average molecular weight is 266 g/mol. The van der Waals surface area contributed by atoms with Crippen LogP contribution in [0.15, 0.2) is 12.3 Å². The maximum atomic E-state index is 11.6. The quantitative estimate of drug-likeness (QED) is 0.688. The molecule has 108 valence electrons. The van der Waals surface area contributed by atoms with Crippen molar-refractivity contribution < 1.29 is 4.79 Å². The Morgan fingerprint density at radius 1 is 1.42 bits per heavy atom. The lowest BCUT2D eigenvalue weighted by Crippen LogP contribution is -2.30. The van der Waals surface area contributed by atoms with Crippen molar-refractivity contribution in [2.75, 3.05) is 26.2 Å². The first-order valence-corrected chi connectivity index (χ1v) is 7.14. The molecule has 0 saturated heterocycles. The van der Waals surface area contributed by atoms with Gasteiger partial charge in [-0.15, -0.1) is 0 Å². The first-order chi connectivity index (χ1) is 9.15. The number of rotatable bonds is 9. The van der Waals surface area contributed by atoms with Gasteiger partial charge in [-0.2, -0.15) is 5.10 Å². The van der Waals surface area contributed by atoms with Crippen molar-refractivity contribution in [2.45, 2.75) is 40.2 Å². The molecule has 0 aromatic carbocycles. The molecule has 0 fully saturated rings. The molecule has 1 amide bonds. The van der Waals surface area contributed by atoms with E-state index in [9.17, 15) is 4.79 Å². The third-order valence-corrected chi connectivity index (χ3v) is 3.21. The largest absolute Gasteiger partial charge is 0.356 e. The van der Waals surface area contributed by atoms with E-state index in [1.807, 2.05) is 23.9 Å². The van der Waals surface area contributed by atoms with Gasteiger partial charge in [0.2, 0.25) is 5.91 Å². The lowest BCUT2D eigenvalue weighted by molar-refractivity contribution is -0.121. The molecule has 1 rings (SSSR count). The summed E-state index contributed by atoms with van der Waals surface area (Å²) in [6, 6.07) is 1.95. The van der Waals surface area contributed by atoms with Gasteiger partial charge >= 0.3 is 0 Å². The summed E-state index contributed by atoms with van der Waals surface area (Å²) in [6.07, 6.45) is 3.41. The molecule has 0 saturated carbocycles. The van der Waals surface area contributed by atoms with Crippen molar-refractivity contribution in [2.24, 2.45) is 0 Å². The van der Waals surface area contributed by atoms with Gasteiger partial charge in [-0.3, -0.25) is 9.48 Å². The Balaban J connectivity index is 2.08. The Kier molecular flexibility index (Phi) is 7.18. The van der Waals surface area contributed by atoms with Crippen molar-refractivity contribution in [1.82, 2.24) is 20.0 Å². The molecule has 1 aromatic rings. The highest BCUT2D eigenvalue weighted by Gasteiger charge is 2.03. The summed E-state index contributed by atoms with van der Waals surface area (Å²) in [7, 11) is 0. The Morgan fingerprint density at radius 3 is 2.74 bits per heavy atom. The molecule has 0 bridgehead atoms. The Bertz CT molecular complexity index is 371. The molecular weight excluding hydrogens is 240 g/mol. The van der Waals surface area contributed by atoms with Gasteiger partial charge in [0.15, 0.2) is 0 Å². The summed E-state index contributed by atoms with van der Waals surface area (Å²) in [5.41, 5.74) is 0.986. The van der Waals surface area contributed by atoms with E-state index in [1.165, 1.54) is 0 Å². The first-order valence-electron chi connectivity index (χ1n) is 7.14. The van der Waals surface area contributed by atoms with Crippen LogP contribution in [-0.2, 0) is 11.3 Å². The molecule has 0 aliphatic carbocycles. The Morgan fingerprint density at radius 2 is 2.16 bits per heavy atom. The van der Waals surface area contributed by atoms with Crippen molar-refractivity contribution >= 4 is 5.91 Å². The highest BCUT2D eigenvalue weighted by atomic mass is 16.1. The fourth-order valence-corrected chi connectivity index (χ4v) is 1.96. The third kappa shape index (κ3) is 6.38. The minimum Gasteiger partial charge on any atom is -0.356 e. The molecule has 5 heteroatoms. The molecule has 0 aliphatic rings. The normalized spacial score (nSPS) is 10.9. The number of nitrogens with zero attached hydrogens (tertiary/aromatic N) is 3. The first kappa shape index (κ1) is 15.7. The molecule has 1 heterocycles. The van der Waals surface area contributed by atoms with E-state index in [0.29, 0.717) is 13.0 Å². The predicted molar refractivity (Wildman–Crippen MR) is 77.0 cm³/mol. The number of nitrogens with one attached hydrogen (secondary N) is 1. The lowest BCUT2D eigenvalue weighted by Gasteiger charge is -2.17. The number of aryl methyl sites for hydroxylation is 2. The molecular formula is C14H26N4O. The van der Waals surface area contributed by atoms with Gasteiger partial charge in [0.1, 0.15) is 0 Å². The smallest absolute Gasteiger partial charge is 0.221 e. The van der Waals surface area contributed by atoms with E-state index >= 15 is 0 Å². The van der Waals surface area contributed by atoms with E-state index in [2.05, 4.69) is 29.2 Å². The second kappa shape index (κ2) is 8.69. The summed E-state index contributed by atoms with van der Waals surface area (Å²) >= 11 is 0. The van der Waals surface area contributed by atoms with Crippen LogP contribution in [0.5, 0.6) is 0 Å². The van der Waals surface area contributed by atoms with Crippen LogP contribution < -0.4 is 5.32 Å². The van der Waals surface area contributed by atoms with Crippen molar-refractivity contribution in [3.05, 3.63) is 18.0 Å². The Hall–Kier alpha value is -1.36. The fourth-order valence-electron chi connectivity index (χ4n) is 1.96. The highest BCUT2D eigenvalue weighted by Crippen LogP contribution is 1.95. The number of aromatic nitrogens is 2. The monoisotopic (exact) mass is 266 g/mol. The van der Waals surface area contributed by atoms with Gasteiger partial charge in [-0.25, -0.2) is 0 Å². The van der Waals surface area contributed by atoms with Crippen LogP contribution in [0.2, 0.25) is 0 Å². The van der Waals surface area contributed by atoms with Crippen LogP contribution in [-0.4, -0.2) is 46.8 Å². The second-order valence-corrected chi connectivity index (χ2v) is 4.70. The van der Waals surface area contributed by atoms with E-state index < -0.39 is 0 Å². The van der Waals surface area contributed by atoms with Crippen LogP contribution in [0.1, 0.15) is 32.4 Å². The summed E-state index contributed by atoms with van der Waals surface area (Å²) in [4.78, 5) is 14.0. The van der Waals surface area contributed by atoms with Crippen molar-refractivity contribution in [1.29, 1.82) is 0 Å². The maximum absolute atomic E-state index is 11.6. The van der Waals surface area contributed by atoms with Gasteiger partial charge in [0, 0.05) is 25.7 Å². The molecule has 1 N–H and O–H groups in total. The van der Waals surface area contributed by atoms with Crippen LogP contribution in [0.3, 0.4) is 0 Å². The zero-order chi connectivity index (χ0) is 14.1. The predicted octanol–water partition coefficient (Wildman–Crippen LogP) is 1.43. The molecule has 0 spiro atoms. The number of carbonyl (C=O) groups is 1. The van der Waals surface area contributed by atoms with Gasteiger partial charge in [-0.1, -0.05) is 13.8 Å². The molecule has 19 heavy (non-hydrogen) atoms. The maximum Gasteiger partial charge on any atom is 0.221 e. The summed E-state index contributed by atoms with van der Waals surface area (Å²) in [5, 5.41) is 7.21. The average Bonchev–Trinajstić information content (AvgIpc) is 2.82. The molecule has 1 aromatic heterocycles. The van der Waals surface area contributed by atoms with E-state index in [-0.39, 0.29) is 5.91 Å². The van der Waals surface area contributed by atoms with Crippen LogP contribution in [0, 0.1) is 6.92 Å². The standard InChI is InChI=1S/C14H26N4O/c1-4-17(5-2)10-6-9-15-14(19)8-12-18-11-7-13(3)16-18/h7,11H,4-6,8-10,12H2,1-3H3,(H,15,19). The molecule has 0 unspecified atom stereocenters. The molecule has 5 nitrogen and oxygen atoms in total. The lowest BCUT2D eigenvalue weighted by atomic mass is 10.3. The van der Waals surface area contributed by atoms with E-state index in [1.54, 1.807) is 0 Å². The van der Waals surface area contributed by atoms with Gasteiger partial charge < -0.3 is 10.2 Å². The zero-order valence-electron chi connectivity index (χ0n) is 12.4. The van der Waals surface area contributed by atoms with E-state index in [4.69, 9.17) is 0 Å².